The van der Waals surface area contributed by atoms with E-state index in [1.807, 2.05) is 30.3 Å². The molecule has 2 nitrogen and oxygen atoms in total. The fourth-order valence-corrected chi connectivity index (χ4v) is 4.41. The van der Waals surface area contributed by atoms with Crippen molar-refractivity contribution in [1.82, 2.24) is 0 Å². The fraction of sp³-hybridized carbons (Fsp3) is 0.682. The van der Waals surface area contributed by atoms with Crippen LogP contribution in [0.2, 0.25) is 0 Å². The molecule has 1 aromatic rings. The van der Waals surface area contributed by atoms with Gasteiger partial charge in [-0.3, -0.25) is 4.79 Å². The Morgan fingerprint density at radius 1 is 1.29 bits per heavy atom. The number of esters is 1. The van der Waals surface area contributed by atoms with E-state index in [2.05, 4.69) is 27.7 Å². The summed E-state index contributed by atoms with van der Waals surface area (Å²) in [6.45, 7) is 9.34. The average molecular weight is 331 g/mol. The van der Waals surface area contributed by atoms with Crippen molar-refractivity contribution in [3.63, 3.8) is 0 Å². The van der Waals surface area contributed by atoms with E-state index in [0.717, 1.165) is 30.2 Å². The quantitative estimate of drug-likeness (QED) is 0.591. The van der Waals surface area contributed by atoms with E-state index >= 15 is 0 Å². The largest absolute Gasteiger partial charge is 0.462 e. The number of rotatable bonds is 7. The van der Waals surface area contributed by atoms with Gasteiger partial charge in [0.15, 0.2) is 0 Å². The Labute approximate surface area is 148 Å². The molecule has 0 heterocycles. The van der Waals surface area contributed by atoms with E-state index < -0.39 is 0 Å². The molecule has 0 aliphatic heterocycles. The molecule has 2 heteroatoms. The summed E-state index contributed by atoms with van der Waals surface area (Å²) in [7, 11) is 0. The number of hydrogen-bond acceptors (Lipinski definition) is 2. The SMILES string of the molecule is CCC(CC[C@@H]1[C@@H](C)CCCC1(C)C)OC(=O)Cc1ccccc1. The summed E-state index contributed by atoms with van der Waals surface area (Å²) in [6, 6.07) is 9.86. The molecule has 0 radical (unpaired) electrons. The minimum atomic E-state index is -0.0935. The lowest BCUT2D eigenvalue weighted by molar-refractivity contribution is -0.149. The lowest BCUT2D eigenvalue weighted by Crippen LogP contribution is -2.34. The predicted octanol–water partition coefficient (Wildman–Crippen LogP) is 5.79. The van der Waals surface area contributed by atoms with Gasteiger partial charge in [-0.05, 0) is 48.5 Å². The Bertz CT molecular complexity index is 506. The highest BCUT2D eigenvalue weighted by molar-refractivity contribution is 5.72. The van der Waals surface area contributed by atoms with Gasteiger partial charge in [-0.25, -0.2) is 0 Å². The molecule has 1 fully saturated rings. The summed E-state index contributed by atoms with van der Waals surface area (Å²) in [4.78, 5) is 12.2. The second-order valence-corrected chi connectivity index (χ2v) is 8.22. The summed E-state index contributed by atoms with van der Waals surface area (Å²) < 4.78 is 5.76. The molecule has 1 unspecified atom stereocenters. The maximum Gasteiger partial charge on any atom is 0.310 e. The zero-order chi connectivity index (χ0) is 17.6. The van der Waals surface area contributed by atoms with Gasteiger partial charge in [0, 0.05) is 0 Å². The van der Waals surface area contributed by atoms with Crippen molar-refractivity contribution >= 4 is 5.97 Å². The molecule has 0 saturated heterocycles. The van der Waals surface area contributed by atoms with E-state index in [-0.39, 0.29) is 12.1 Å². The molecule has 1 aromatic carbocycles. The van der Waals surface area contributed by atoms with Crippen LogP contribution in [-0.4, -0.2) is 12.1 Å². The Morgan fingerprint density at radius 3 is 2.62 bits per heavy atom. The van der Waals surface area contributed by atoms with Crippen LogP contribution in [0.5, 0.6) is 0 Å². The number of hydrogen-bond donors (Lipinski definition) is 0. The van der Waals surface area contributed by atoms with Crippen LogP contribution in [0.4, 0.5) is 0 Å². The monoisotopic (exact) mass is 330 g/mol. The predicted molar refractivity (Wildman–Crippen MR) is 99.8 cm³/mol. The summed E-state index contributed by atoms with van der Waals surface area (Å²) in [5, 5.41) is 0. The van der Waals surface area contributed by atoms with Crippen molar-refractivity contribution < 1.29 is 9.53 Å². The zero-order valence-corrected chi connectivity index (χ0v) is 15.9. The average Bonchev–Trinajstić information content (AvgIpc) is 2.53. The van der Waals surface area contributed by atoms with Crippen LogP contribution in [-0.2, 0) is 16.0 Å². The van der Waals surface area contributed by atoms with E-state index in [9.17, 15) is 4.79 Å². The van der Waals surface area contributed by atoms with Gasteiger partial charge in [0.1, 0.15) is 6.10 Å². The van der Waals surface area contributed by atoms with Gasteiger partial charge in [0.2, 0.25) is 0 Å². The first-order chi connectivity index (χ1) is 11.4. The molecular formula is C22H34O2. The lowest BCUT2D eigenvalue weighted by atomic mass is 9.62. The van der Waals surface area contributed by atoms with Gasteiger partial charge in [-0.15, -0.1) is 0 Å². The minimum Gasteiger partial charge on any atom is -0.462 e. The third-order valence-corrected chi connectivity index (χ3v) is 5.92. The summed E-state index contributed by atoms with van der Waals surface area (Å²) in [6.07, 6.45) is 7.54. The maximum absolute atomic E-state index is 12.2. The van der Waals surface area contributed by atoms with Crippen LogP contribution in [0.1, 0.15) is 71.8 Å². The molecule has 134 valence electrons. The van der Waals surface area contributed by atoms with Crippen LogP contribution in [0.25, 0.3) is 0 Å². The van der Waals surface area contributed by atoms with E-state index in [1.54, 1.807) is 0 Å². The molecule has 1 saturated carbocycles. The minimum absolute atomic E-state index is 0.0612. The second kappa shape index (κ2) is 8.69. The molecule has 0 N–H and O–H groups in total. The van der Waals surface area contributed by atoms with Crippen molar-refractivity contribution in [3.05, 3.63) is 35.9 Å². The number of carbonyl (C=O) groups is 1. The zero-order valence-electron chi connectivity index (χ0n) is 15.9. The Balaban J connectivity index is 1.84. The lowest BCUT2D eigenvalue weighted by Gasteiger charge is -2.43. The first kappa shape index (κ1) is 19.0. The second-order valence-electron chi connectivity index (χ2n) is 8.22. The number of carbonyl (C=O) groups excluding carboxylic acids is 1. The first-order valence-electron chi connectivity index (χ1n) is 9.65. The maximum atomic E-state index is 12.2. The molecule has 3 atom stereocenters. The number of benzene rings is 1. The van der Waals surface area contributed by atoms with Crippen LogP contribution >= 0.6 is 0 Å². The van der Waals surface area contributed by atoms with Crippen molar-refractivity contribution in [1.29, 1.82) is 0 Å². The van der Waals surface area contributed by atoms with E-state index in [4.69, 9.17) is 4.74 Å². The van der Waals surface area contributed by atoms with Gasteiger partial charge in [-0.2, -0.15) is 0 Å². The van der Waals surface area contributed by atoms with Crippen molar-refractivity contribution in [2.45, 2.75) is 78.7 Å². The van der Waals surface area contributed by atoms with Crippen molar-refractivity contribution in [2.24, 2.45) is 17.3 Å². The topological polar surface area (TPSA) is 26.3 Å². The number of ether oxygens (including phenoxy) is 1. The van der Waals surface area contributed by atoms with Gasteiger partial charge in [-0.1, -0.05) is 70.9 Å². The van der Waals surface area contributed by atoms with Gasteiger partial charge < -0.3 is 4.74 Å². The summed E-state index contributed by atoms with van der Waals surface area (Å²) >= 11 is 0. The smallest absolute Gasteiger partial charge is 0.310 e. The molecule has 1 aliphatic carbocycles. The normalized spacial score (nSPS) is 24.3. The summed E-state index contributed by atoms with van der Waals surface area (Å²) in [5.74, 6) is 1.43. The highest BCUT2D eigenvalue weighted by Crippen LogP contribution is 2.46. The highest BCUT2D eigenvalue weighted by Gasteiger charge is 2.36. The first-order valence-corrected chi connectivity index (χ1v) is 9.65. The van der Waals surface area contributed by atoms with Gasteiger partial charge in [0.05, 0.1) is 6.42 Å². The van der Waals surface area contributed by atoms with E-state index in [1.165, 1.54) is 25.7 Å². The van der Waals surface area contributed by atoms with Gasteiger partial charge >= 0.3 is 5.97 Å². The van der Waals surface area contributed by atoms with Gasteiger partial charge in [0.25, 0.3) is 0 Å². The standard InChI is InChI=1S/C22H34O2/c1-5-19(24-21(23)16-18-11-7-6-8-12-18)13-14-20-17(2)10-9-15-22(20,3)4/h6-8,11-12,17,19-20H,5,9-10,13-16H2,1-4H3/t17-,19?,20+/m0/s1. The van der Waals surface area contributed by atoms with Crippen LogP contribution in [0, 0.1) is 17.3 Å². The van der Waals surface area contributed by atoms with Crippen LogP contribution in [0.3, 0.4) is 0 Å². The molecule has 0 spiro atoms. The molecular weight excluding hydrogens is 296 g/mol. The molecule has 0 amide bonds. The molecule has 24 heavy (non-hydrogen) atoms. The third-order valence-electron chi connectivity index (χ3n) is 5.92. The Morgan fingerprint density at radius 2 is 2.00 bits per heavy atom. The molecule has 0 aromatic heterocycles. The van der Waals surface area contributed by atoms with Crippen LogP contribution in [0.15, 0.2) is 30.3 Å². The van der Waals surface area contributed by atoms with E-state index in [0.29, 0.717) is 11.8 Å². The van der Waals surface area contributed by atoms with Crippen molar-refractivity contribution in [3.8, 4) is 0 Å². The molecule has 2 rings (SSSR count). The summed E-state index contributed by atoms with van der Waals surface area (Å²) in [5.41, 5.74) is 1.45. The van der Waals surface area contributed by atoms with Crippen molar-refractivity contribution in [2.75, 3.05) is 0 Å². The Hall–Kier alpha value is -1.31. The fourth-order valence-electron chi connectivity index (χ4n) is 4.41. The molecule has 0 bridgehead atoms. The third kappa shape index (κ3) is 5.36. The van der Waals surface area contributed by atoms with Crippen LogP contribution < -0.4 is 0 Å². The Kier molecular flexibility index (Phi) is 6.89. The molecule has 1 aliphatic rings. The highest BCUT2D eigenvalue weighted by atomic mass is 16.5.